The summed E-state index contributed by atoms with van der Waals surface area (Å²) in [6.07, 6.45) is 4.54. The van der Waals surface area contributed by atoms with E-state index >= 15 is 0 Å². The van der Waals surface area contributed by atoms with Crippen LogP contribution in [0.4, 0.5) is 0 Å². The number of carbonyl (C=O) groups is 2. The summed E-state index contributed by atoms with van der Waals surface area (Å²) in [5, 5.41) is 9.89. The van der Waals surface area contributed by atoms with E-state index < -0.39 is 5.97 Å². The second-order valence-electron chi connectivity index (χ2n) is 6.82. The minimum absolute atomic E-state index is 0.0299. The maximum atomic E-state index is 12.6. The molecule has 0 bridgehead atoms. The summed E-state index contributed by atoms with van der Waals surface area (Å²) in [5.41, 5.74) is 2.40. The summed E-state index contributed by atoms with van der Waals surface area (Å²) in [5.74, 6) is -0.376. The molecule has 0 radical (unpaired) electrons. The molecule has 1 aromatic carbocycles. The molecule has 3 aromatic rings. The van der Waals surface area contributed by atoms with Crippen LogP contribution in [0.15, 0.2) is 48.8 Å². The maximum Gasteiger partial charge on any atom is 0.335 e. The number of benzene rings is 1. The molecule has 6 heteroatoms. The highest BCUT2D eigenvalue weighted by Gasteiger charge is 2.24. The van der Waals surface area contributed by atoms with E-state index in [1.165, 1.54) is 0 Å². The lowest BCUT2D eigenvalue weighted by Crippen LogP contribution is -2.28. The summed E-state index contributed by atoms with van der Waals surface area (Å²) >= 11 is 0. The third-order valence-corrected chi connectivity index (χ3v) is 4.88. The molecule has 0 unspecified atom stereocenters. The highest BCUT2D eigenvalue weighted by molar-refractivity contribution is 5.97. The molecule has 1 N–H and O–H groups in total. The first-order chi connectivity index (χ1) is 12.5. The zero-order valence-corrected chi connectivity index (χ0v) is 14.4. The normalized spacial score (nSPS) is 17.0. The third-order valence-electron chi connectivity index (χ3n) is 4.88. The van der Waals surface area contributed by atoms with Gasteiger partial charge in [-0.3, -0.25) is 4.79 Å². The quantitative estimate of drug-likeness (QED) is 0.788. The van der Waals surface area contributed by atoms with E-state index in [1.54, 1.807) is 30.5 Å². The van der Waals surface area contributed by atoms with Gasteiger partial charge in [-0.25, -0.2) is 9.78 Å². The zero-order chi connectivity index (χ0) is 18.3. The van der Waals surface area contributed by atoms with Gasteiger partial charge in [0.05, 0.1) is 11.1 Å². The lowest BCUT2D eigenvalue weighted by molar-refractivity contribution is 0.0696. The number of amides is 1. The van der Waals surface area contributed by atoms with Crippen LogP contribution < -0.4 is 0 Å². The number of nitrogens with zero attached hydrogens (tertiary/aromatic N) is 3. The minimum atomic E-state index is -0.952. The predicted molar refractivity (Wildman–Crippen MR) is 97.7 cm³/mol. The number of hydrogen-bond donors (Lipinski definition) is 1. The number of hydrogen-bond acceptors (Lipinski definition) is 3. The van der Waals surface area contributed by atoms with E-state index in [1.807, 2.05) is 27.8 Å². The molecule has 132 valence electrons. The first-order valence-corrected chi connectivity index (χ1v) is 8.63. The van der Waals surface area contributed by atoms with Crippen LogP contribution in [0, 0.1) is 5.92 Å². The highest BCUT2D eigenvalue weighted by atomic mass is 16.4. The van der Waals surface area contributed by atoms with Gasteiger partial charge in [-0.2, -0.15) is 0 Å². The number of aromatic nitrogens is 2. The molecule has 1 fully saturated rings. The molecule has 1 aliphatic rings. The van der Waals surface area contributed by atoms with Gasteiger partial charge in [0, 0.05) is 36.6 Å². The van der Waals surface area contributed by atoms with Crippen molar-refractivity contribution >= 4 is 22.9 Å². The van der Waals surface area contributed by atoms with Crippen molar-refractivity contribution in [2.24, 2.45) is 5.92 Å². The van der Waals surface area contributed by atoms with E-state index in [9.17, 15) is 9.59 Å². The molecule has 3 heterocycles. The van der Waals surface area contributed by atoms with Crippen molar-refractivity contribution in [2.45, 2.75) is 13.3 Å². The van der Waals surface area contributed by atoms with E-state index in [-0.39, 0.29) is 11.5 Å². The average Bonchev–Trinajstić information content (AvgIpc) is 3.27. The summed E-state index contributed by atoms with van der Waals surface area (Å²) in [7, 11) is 0. The average molecular weight is 349 g/mol. The van der Waals surface area contributed by atoms with Crippen molar-refractivity contribution in [2.75, 3.05) is 13.1 Å². The lowest BCUT2D eigenvalue weighted by atomic mass is 10.2. The Morgan fingerprint density at radius 3 is 2.58 bits per heavy atom. The Bertz CT molecular complexity index is 991. The first-order valence-electron chi connectivity index (χ1n) is 8.63. The second-order valence-corrected chi connectivity index (χ2v) is 6.82. The van der Waals surface area contributed by atoms with Gasteiger partial charge in [-0.15, -0.1) is 0 Å². The van der Waals surface area contributed by atoms with Crippen molar-refractivity contribution in [3.8, 4) is 5.69 Å². The minimum Gasteiger partial charge on any atom is -0.478 e. The summed E-state index contributed by atoms with van der Waals surface area (Å²) < 4.78 is 1.88. The van der Waals surface area contributed by atoms with Gasteiger partial charge in [0.15, 0.2) is 0 Å². The summed E-state index contributed by atoms with van der Waals surface area (Å²) in [6, 6.07) is 10.4. The number of aromatic carboxylic acids is 1. The largest absolute Gasteiger partial charge is 0.478 e. The Hall–Kier alpha value is -3.15. The van der Waals surface area contributed by atoms with Gasteiger partial charge in [0.25, 0.3) is 5.91 Å². The lowest BCUT2D eigenvalue weighted by Gasteiger charge is -2.15. The van der Waals surface area contributed by atoms with Crippen LogP contribution in [0.1, 0.15) is 34.1 Å². The Balaban J connectivity index is 1.65. The van der Waals surface area contributed by atoms with Crippen LogP contribution >= 0.6 is 0 Å². The van der Waals surface area contributed by atoms with E-state index in [0.29, 0.717) is 11.5 Å². The number of carboxylic acids is 1. The third kappa shape index (κ3) is 2.83. The molecule has 2 aromatic heterocycles. The molecule has 1 amide bonds. The van der Waals surface area contributed by atoms with Crippen molar-refractivity contribution in [3.63, 3.8) is 0 Å². The molecular formula is C20H19N3O3. The Morgan fingerprint density at radius 2 is 1.92 bits per heavy atom. The van der Waals surface area contributed by atoms with Crippen molar-refractivity contribution in [1.82, 2.24) is 14.5 Å². The molecule has 0 saturated carbocycles. The molecule has 1 atom stereocenters. The van der Waals surface area contributed by atoms with Crippen LogP contribution in [0.2, 0.25) is 0 Å². The fourth-order valence-electron chi connectivity index (χ4n) is 3.42. The summed E-state index contributed by atoms with van der Waals surface area (Å²) in [4.78, 5) is 30.0. The molecule has 0 aliphatic carbocycles. The van der Waals surface area contributed by atoms with Crippen LogP contribution in [0.3, 0.4) is 0 Å². The fourth-order valence-corrected chi connectivity index (χ4v) is 3.42. The number of carbonyl (C=O) groups excluding carboxylic acids is 1. The van der Waals surface area contributed by atoms with Gasteiger partial charge in [0.2, 0.25) is 0 Å². The van der Waals surface area contributed by atoms with Crippen LogP contribution in [0.25, 0.3) is 16.7 Å². The van der Waals surface area contributed by atoms with E-state index in [0.717, 1.165) is 36.2 Å². The van der Waals surface area contributed by atoms with E-state index in [4.69, 9.17) is 5.11 Å². The number of fused-ring (bicyclic) bond motifs is 1. The van der Waals surface area contributed by atoms with Gasteiger partial charge >= 0.3 is 5.97 Å². The molecule has 4 rings (SSSR count). The van der Waals surface area contributed by atoms with Crippen molar-refractivity contribution < 1.29 is 14.7 Å². The number of carboxylic acid groups (broad SMARTS) is 1. The van der Waals surface area contributed by atoms with Crippen LogP contribution in [0.5, 0.6) is 0 Å². The van der Waals surface area contributed by atoms with Gasteiger partial charge in [0.1, 0.15) is 5.65 Å². The first kappa shape index (κ1) is 16.3. The Kier molecular flexibility index (Phi) is 3.95. The monoisotopic (exact) mass is 349 g/mol. The topological polar surface area (TPSA) is 75.4 Å². The summed E-state index contributed by atoms with van der Waals surface area (Å²) in [6.45, 7) is 3.76. The SMILES string of the molecule is C[C@H]1CCN(C(=O)c2cnc3c(ccn3-c3ccc(C(=O)O)cc3)c2)C1. The second kappa shape index (κ2) is 6.29. The van der Waals surface area contributed by atoms with E-state index in [2.05, 4.69) is 11.9 Å². The smallest absolute Gasteiger partial charge is 0.335 e. The molecular weight excluding hydrogens is 330 g/mol. The molecule has 1 saturated heterocycles. The fraction of sp³-hybridized carbons (Fsp3) is 0.250. The van der Waals surface area contributed by atoms with Crippen LogP contribution in [-0.4, -0.2) is 44.5 Å². The molecule has 0 spiro atoms. The number of likely N-dealkylation sites (tertiary alicyclic amines) is 1. The Labute approximate surface area is 150 Å². The predicted octanol–water partition coefficient (Wildman–Crippen LogP) is 3.21. The van der Waals surface area contributed by atoms with Crippen molar-refractivity contribution in [1.29, 1.82) is 0 Å². The maximum absolute atomic E-state index is 12.6. The molecule has 1 aliphatic heterocycles. The highest BCUT2D eigenvalue weighted by Crippen LogP contribution is 2.22. The van der Waals surface area contributed by atoms with Crippen molar-refractivity contribution in [3.05, 3.63) is 59.9 Å². The number of rotatable bonds is 3. The van der Waals surface area contributed by atoms with Crippen LogP contribution in [-0.2, 0) is 0 Å². The molecule has 26 heavy (non-hydrogen) atoms. The van der Waals surface area contributed by atoms with Gasteiger partial charge in [-0.1, -0.05) is 6.92 Å². The number of pyridine rings is 1. The standard InChI is InChI=1S/C20H19N3O3/c1-13-6-8-22(12-13)19(24)16-10-15-7-9-23(18(15)21-11-16)17-4-2-14(3-5-17)20(25)26/h2-5,7,9-11,13H,6,8,12H2,1H3,(H,25,26)/t13-/m0/s1. The molecule has 6 nitrogen and oxygen atoms in total. The Morgan fingerprint density at radius 1 is 1.15 bits per heavy atom. The van der Waals surface area contributed by atoms with Gasteiger partial charge < -0.3 is 14.6 Å². The zero-order valence-electron chi connectivity index (χ0n) is 14.4. The van der Waals surface area contributed by atoms with Gasteiger partial charge in [-0.05, 0) is 48.7 Å².